The minimum Gasteiger partial charge on any atom is -0.384 e. The van der Waals surface area contributed by atoms with Crippen molar-refractivity contribution in [3.05, 3.63) is 18.5 Å². The molecular formula is C12H21N3O3S. The van der Waals surface area contributed by atoms with E-state index in [2.05, 4.69) is 10.3 Å². The largest absolute Gasteiger partial charge is 0.384 e. The van der Waals surface area contributed by atoms with Crippen LogP contribution in [-0.2, 0) is 14.8 Å². The van der Waals surface area contributed by atoms with E-state index in [9.17, 15) is 8.42 Å². The number of methoxy groups -OCH3 is 1. The maximum atomic E-state index is 12.6. The van der Waals surface area contributed by atoms with Gasteiger partial charge >= 0.3 is 0 Å². The molecule has 1 rings (SSSR count). The molecule has 0 radical (unpaired) electrons. The molecule has 7 heteroatoms. The molecule has 6 nitrogen and oxygen atoms in total. The van der Waals surface area contributed by atoms with Gasteiger partial charge in [-0.1, -0.05) is 6.92 Å². The van der Waals surface area contributed by atoms with E-state index in [0.29, 0.717) is 31.9 Å². The highest BCUT2D eigenvalue weighted by Gasteiger charge is 2.25. The lowest BCUT2D eigenvalue weighted by atomic mass is 10.4. The highest BCUT2D eigenvalue weighted by molar-refractivity contribution is 7.89. The highest BCUT2D eigenvalue weighted by Crippen LogP contribution is 2.23. The first-order valence-electron chi connectivity index (χ1n) is 6.24. The van der Waals surface area contributed by atoms with Crippen LogP contribution in [0.15, 0.2) is 23.4 Å². The molecule has 0 bridgehead atoms. The summed E-state index contributed by atoms with van der Waals surface area (Å²) in [6, 6.07) is 1.67. The van der Waals surface area contributed by atoms with Gasteiger partial charge in [-0.3, -0.25) is 4.98 Å². The van der Waals surface area contributed by atoms with Crippen LogP contribution in [0, 0.1) is 0 Å². The Hall–Kier alpha value is -1.18. The number of nitrogens with one attached hydrogen (secondary N) is 1. The van der Waals surface area contributed by atoms with Gasteiger partial charge in [-0.25, -0.2) is 8.42 Å². The van der Waals surface area contributed by atoms with E-state index in [1.807, 2.05) is 6.92 Å². The van der Waals surface area contributed by atoms with Crippen LogP contribution in [0.5, 0.6) is 0 Å². The Balaban J connectivity index is 3.10. The second-order valence-corrected chi connectivity index (χ2v) is 5.80. The summed E-state index contributed by atoms with van der Waals surface area (Å²) in [6.45, 7) is 5.46. The van der Waals surface area contributed by atoms with Gasteiger partial charge in [-0.05, 0) is 13.0 Å². The molecule has 0 saturated heterocycles. The maximum Gasteiger partial charge on any atom is 0.246 e. The van der Waals surface area contributed by atoms with Crippen molar-refractivity contribution < 1.29 is 13.2 Å². The standard InChI is InChI=1S/C12H21N3O3S/c1-4-14-11-6-7-13-10-12(11)19(16,17)15(5-2)8-9-18-3/h6-7,10H,4-5,8-9H2,1-3H3,(H,13,14). The predicted molar refractivity (Wildman–Crippen MR) is 74.7 cm³/mol. The smallest absolute Gasteiger partial charge is 0.246 e. The average Bonchev–Trinajstić information content (AvgIpc) is 2.40. The van der Waals surface area contributed by atoms with Crippen molar-refractivity contribution in [3.8, 4) is 0 Å². The summed E-state index contributed by atoms with van der Waals surface area (Å²) in [6.07, 6.45) is 2.95. The number of ether oxygens (including phenoxy) is 1. The molecule has 0 amide bonds. The monoisotopic (exact) mass is 287 g/mol. The van der Waals surface area contributed by atoms with Crippen LogP contribution in [0.1, 0.15) is 13.8 Å². The zero-order valence-electron chi connectivity index (χ0n) is 11.6. The summed E-state index contributed by atoms with van der Waals surface area (Å²) >= 11 is 0. The first kappa shape index (κ1) is 15.9. The third kappa shape index (κ3) is 3.89. The van der Waals surface area contributed by atoms with Gasteiger partial charge in [-0.2, -0.15) is 4.31 Å². The fourth-order valence-corrected chi connectivity index (χ4v) is 3.25. The number of pyridine rings is 1. The molecule has 0 atom stereocenters. The third-order valence-electron chi connectivity index (χ3n) is 2.67. The Kier molecular flexibility index (Phi) is 6.20. The minimum absolute atomic E-state index is 0.204. The summed E-state index contributed by atoms with van der Waals surface area (Å²) < 4.78 is 31.4. The van der Waals surface area contributed by atoms with E-state index in [1.54, 1.807) is 26.3 Å². The summed E-state index contributed by atoms with van der Waals surface area (Å²) in [5.74, 6) is 0. The lowest BCUT2D eigenvalue weighted by Gasteiger charge is -2.21. The van der Waals surface area contributed by atoms with Gasteiger partial charge < -0.3 is 10.1 Å². The van der Waals surface area contributed by atoms with Crippen LogP contribution in [0.25, 0.3) is 0 Å². The summed E-state index contributed by atoms with van der Waals surface area (Å²) in [5, 5.41) is 3.04. The number of rotatable bonds is 8. The number of nitrogens with zero attached hydrogens (tertiary/aromatic N) is 2. The fraction of sp³-hybridized carbons (Fsp3) is 0.583. The van der Waals surface area contributed by atoms with Gasteiger partial charge in [0.25, 0.3) is 0 Å². The average molecular weight is 287 g/mol. The van der Waals surface area contributed by atoms with E-state index in [-0.39, 0.29) is 4.90 Å². The van der Waals surface area contributed by atoms with Crippen molar-refractivity contribution in [1.29, 1.82) is 0 Å². The Labute approximate surface area is 114 Å². The van der Waals surface area contributed by atoms with Gasteiger partial charge in [0.05, 0.1) is 12.3 Å². The number of hydrogen-bond donors (Lipinski definition) is 1. The fourth-order valence-electron chi connectivity index (χ4n) is 1.70. The predicted octanol–water partition coefficient (Wildman–Crippen LogP) is 1.17. The van der Waals surface area contributed by atoms with Crippen molar-refractivity contribution in [1.82, 2.24) is 9.29 Å². The molecule has 108 valence electrons. The van der Waals surface area contributed by atoms with E-state index >= 15 is 0 Å². The zero-order valence-corrected chi connectivity index (χ0v) is 12.4. The maximum absolute atomic E-state index is 12.6. The summed E-state index contributed by atoms with van der Waals surface area (Å²) in [7, 11) is -2.00. The molecule has 0 aliphatic carbocycles. The van der Waals surface area contributed by atoms with Gasteiger partial charge in [-0.15, -0.1) is 0 Å². The number of aromatic nitrogens is 1. The molecule has 0 saturated carbocycles. The summed E-state index contributed by atoms with van der Waals surface area (Å²) in [4.78, 5) is 4.12. The Morgan fingerprint density at radius 2 is 2.16 bits per heavy atom. The third-order valence-corrected chi connectivity index (χ3v) is 4.67. The quantitative estimate of drug-likeness (QED) is 0.777. The molecule has 1 aromatic rings. The second kappa shape index (κ2) is 7.42. The van der Waals surface area contributed by atoms with Crippen molar-refractivity contribution >= 4 is 15.7 Å². The Morgan fingerprint density at radius 1 is 1.42 bits per heavy atom. The van der Waals surface area contributed by atoms with Crippen LogP contribution in [0.4, 0.5) is 5.69 Å². The Bertz CT molecular complexity index is 491. The van der Waals surface area contributed by atoms with Gasteiger partial charge in [0, 0.05) is 39.1 Å². The van der Waals surface area contributed by atoms with E-state index < -0.39 is 10.0 Å². The van der Waals surface area contributed by atoms with Gasteiger partial charge in [0.2, 0.25) is 10.0 Å². The van der Waals surface area contributed by atoms with Crippen molar-refractivity contribution in [2.45, 2.75) is 18.7 Å². The molecule has 0 unspecified atom stereocenters. The Morgan fingerprint density at radius 3 is 2.74 bits per heavy atom. The lowest BCUT2D eigenvalue weighted by Crippen LogP contribution is -2.34. The number of likely N-dealkylation sites (N-methyl/N-ethyl adjacent to an activating group) is 1. The van der Waals surface area contributed by atoms with Crippen LogP contribution < -0.4 is 5.32 Å². The summed E-state index contributed by atoms with van der Waals surface area (Å²) in [5.41, 5.74) is 0.577. The molecule has 1 N–H and O–H groups in total. The van der Waals surface area contributed by atoms with Crippen molar-refractivity contribution in [2.75, 3.05) is 38.7 Å². The molecule has 0 spiro atoms. The van der Waals surface area contributed by atoms with Crippen LogP contribution in [-0.4, -0.2) is 51.1 Å². The van der Waals surface area contributed by atoms with E-state index in [1.165, 1.54) is 10.5 Å². The zero-order chi connectivity index (χ0) is 14.3. The normalized spacial score (nSPS) is 11.8. The van der Waals surface area contributed by atoms with Crippen molar-refractivity contribution in [3.63, 3.8) is 0 Å². The molecule has 0 aromatic carbocycles. The number of hydrogen-bond acceptors (Lipinski definition) is 5. The number of sulfonamides is 1. The van der Waals surface area contributed by atoms with Gasteiger partial charge in [0.15, 0.2) is 0 Å². The van der Waals surface area contributed by atoms with Crippen LogP contribution in [0.2, 0.25) is 0 Å². The molecule has 0 fully saturated rings. The highest BCUT2D eigenvalue weighted by atomic mass is 32.2. The van der Waals surface area contributed by atoms with E-state index in [4.69, 9.17) is 4.74 Å². The first-order valence-corrected chi connectivity index (χ1v) is 7.68. The molecule has 0 aliphatic rings. The SMILES string of the molecule is CCNc1ccncc1S(=O)(=O)N(CC)CCOC. The van der Waals surface area contributed by atoms with Crippen LogP contribution >= 0.6 is 0 Å². The number of anilines is 1. The topological polar surface area (TPSA) is 71.5 Å². The molecule has 19 heavy (non-hydrogen) atoms. The molecule has 1 heterocycles. The first-order chi connectivity index (χ1) is 9.07. The minimum atomic E-state index is -3.55. The molecule has 1 aromatic heterocycles. The second-order valence-electron chi connectivity index (χ2n) is 3.89. The molecular weight excluding hydrogens is 266 g/mol. The lowest BCUT2D eigenvalue weighted by molar-refractivity contribution is 0.180. The molecule has 0 aliphatic heterocycles. The van der Waals surface area contributed by atoms with E-state index in [0.717, 1.165) is 0 Å². The van der Waals surface area contributed by atoms with Crippen LogP contribution in [0.3, 0.4) is 0 Å². The van der Waals surface area contributed by atoms with Crippen molar-refractivity contribution in [2.24, 2.45) is 0 Å². The van der Waals surface area contributed by atoms with Gasteiger partial charge in [0.1, 0.15) is 4.90 Å².